The zero-order valence-corrected chi connectivity index (χ0v) is 13.3. The second kappa shape index (κ2) is 5.80. The number of nitrogens with zero attached hydrogens (tertiary/aromatic N) is 4. The molecule has 3 saturated heterocycles. The van der Waals surface area contributed by atoms with Gasteiger partial charge in [-0.25, -0.2) is 0 Å². The summed E-state index contributed by atoms with van der Waals surface area (Å²) in [5.41, 5.74) is 0. The Hall–Kier alpha value is 0.400. The summed E-state index contributed by atoms with van der Waals surface area (Å²) in [5.74, 6) is 2.08. The predicted molar refractivity (Wildman–Crippen MR) is 86.7 cm³/mol. The van der Waals surface area contributed by atoms with E-state index in [4.69, 9.17) is 24.4 Å². The van der Waals surface area contributed by atoms with Crippen molar-refractivity contribution in [1.29, 1.82) is 0 Å². The maximum atomic E-state index is 5.43. The van der Waals surface area contributed by atoms with Crippen LogP contribution in [0.2, 0.25) is 0 Å². The molecule has 3 aliphatic heterocycles. The SMILES string of the molecule is S=C1SCN2CCN3CSC(=S)N(CCN1C2)C3. The van der Waals surface area contributed by atoms with Crippen molar-refractivity contribution >= 4 is 56.6 Å². The first kappa shape index (κ1) is 13.4. The summed E-state index contributed by atoms with van der Waals surface area (Å²) in [5, 5.41) is 0. The van der Waals surface area contributed by atoms with Crippen molar-refractivity contribution in [1.82, 2.24) is 19.6 Å². The molecule has 4 bridgehead atoms. The van der Waals surface area contributed by atoms with Gasteiger partial charge in [0.25, 0.3) is 0 Å². The molecule has 18 heavy (non-hydrogen) atoms. The highest BCUT2D eigenvalue weighted by Crippen LogP contribution is 2.23. The Bertz CT molecular complexity index is 330. The van der Waals surface area contributed by atoms with Gasteiger partial charge in [0.2, 0.25) is 0 Å². The number of hydrogen-bond donors (Lipinski definition) is 0. The van der Waals surface area contributed by atoms with Crippen molar-refractivity contribution in [2.75, 3.05) is 51.3 Å². The first-order valence-corrected chi connectivity index (χ1v) is 8.79. The van der Waals surface area contributed by atoms with E-state index in [-0.39, 0.29) is 0 Å². The molecular weight excluding hydrogens is 304 g/mol. The molecule has 0 aliphatic carbocycles. The van der Waals surface area contributed by atoms with Crippen LogP contribution in [0.15, 0.2) is 0 Å². The molecule has 0 aromatic rings. The third-order valence-electron chi connectivity index (χ3n) is 3.37. The van der Waals surface area contributed by atoms with Crippen molar-refractivity contribution < 1.29 is 0 Å². The third kappa shape index (κ3) is 2.94. The molecular formula is C10H16N4S4. The molecule has 0 spiro atoms. The minimum absolute atomic E-state index is 0.980. The Morgan fingerprint density at radius 2 is 1.17 bits per heavy atom. The highest BCUT2D eigenvalue weighted by atomic mass is 32.2. The Kier molecular flexibility index (Phi) is 4.32. The lowest BCUT2D eigenvalue weighted by atomic mass is 10.4. The molecule has 3 aliphatic rings. The number of fused-ring (bicyclic) bond motifs is 4. The lowest BCUT2D eigenvalue weighted by Gasteiger charge is -2.43. The van der Waals surface area contributed by atoms with Crippen LogP contribution < -0.4 is 0 Å². The van der Waals surface area contributed by atoms with Gasteiger partial charge in [0.05, 0.1) is 25.1 Å². The fraction of sp³-hybridized carbons (Fsp3) is 0.800. The van der Waals surface area contributed by atoms with Crippen LogP contribution in [0, 0.1) is 0 Å². The van der Waals surface area contributed by atoms with E-state index in [2.05, 4.69) is 19.6 Å². The fourth-order valence-corrected chi connectivity index (χ4v) is 4.56. The quantitative estimate of drug-likeness (QED) is 0.608. The van der Waals surface area contributed by atoms with Gasteiger partial charge in [-0.05, 0) is 0 Å². The summed E-state index contributed by atoms with van der Waals surface area (Å²) in [6.45, 7) is 6.16. The topological polar surface area (TPSA) is 13.0 Å². The van der Waals surface area contributed by atoms with Gasteiger partial charge in [0.15, 0.2) is 0 Å². The van der Waals surface area contributed by atoms with Crippen molar-refractivity contribution in [2.24, 2.45) is 0 Å². The monoisotopic (exact) mass is 320 g/mol. The fourth-order valence-electron chi connectivity index (χ4n) is 2.27. The van der Waals surface area contributed by atoms with Crippen molar-refractivity contribution in [3.05, 3.63) is 0 Å². The highest BCUT2D eigenvalue weighted by Gasteiger charge is 2.27. The largest absolute Gasteiger partial charge is 0.343 e. The first-order valence-electron chi connectivity index (χ1n) is 6.00. The van der Waals surface area contributed by atoms with Crippen molar-refractivity contribution in [3.8, 4) is 0 Å². The summed E-state index contributed by atoms with van der Waals surface area (Å²) in [7, 11) is 0. The van der Waals surface area contributed by atoms with E-state index in [1.807, 2.05) is 0 Å². The van der Waals surface area contributed by atoms with Crippen LogP contribution >= 0.6 is 48.0 Å². The van der Waals surface area contributed by atoms with Crippen LogP contribution in [0.1, 0.15) is 0 Å². The normalized spacial score (nSPS) is 33.6. The number of thioether (sulfide) groups is 2. The van der Waals surface area contributed by atoms with Gasteiger partial charge in [0, 0.05) is 26.2 Å². The summed E-state index contributed by atoms with van der Waals surface area (Å²) < 4.78 is 2.08. The summed E-state index contributed by atoms with van der Waals surface area (Å²) in [6, 6.07) is 0. The maximum Gasteiger partial charge on any atom is 0.138 e. The smallest absolute Gasteiger partial charge is 0.138 e. The molecule has 3 heterocycles. The molecule has 0 aromatic heterocycles. The molecule has 8 heteroatoms. The van der Waals surface area contributed by atoms with Gasteiger partial charge >= 0.3 is 0 Å². The van der Waals surface area contributed by atoms with E-state index in [1.54, 1.807) is 23.5 Å². The summed E-state index contributed by atoms with van der Waals surface area (Å²) in [6.07, 6.45) is 0. The van der Waals surface area contributed by atoms with Crippen LogP contribution in [0.5, 0.6) is 0 Å². The summed E-state index contributed by atoms with van der Waals surface area (Å²) in [4.78, 5) is 9.57. The van der Waals surface area contributed by atoms with Gasteiger partial charge in [-0.15, -0.1) is 0 Å². The number of rotatable bonds is 0. The average Bonchev–Trinajstić information content (AvgIpc) is 2.38. The number of thiocarbonyl (C=S) groups is 2. The molecule has 3 fully saturated rings. The Balaban J connectivity index is 1.72. The van der Waals surface area contributed by atoms with Crippen molar-refractivity contribution in [3.63, 3.8) is 0 Å². The van der Waals surface area contributed by atoms with Crippen LogP contribution in [-0.2, 0) is 0 Å². The molecule has 3 rings (SSSR count). The Morgan fingerprint density at radius 3 is 1.61 bits per heavy atom. The standard InChI is InChI=1S/C10H16N4S4/c15-9-13-3-4-14-6-12(8-18-10(14)16)2-1-11(5-13)7-17-9/h1-8H2. The molecule has 100 valence electrons. The lowest BCUT2D eigenvalue weighted by Crippen LogP contribution is -2.54. The van der Waals surface area contributed by atoms with Crippen LogP contribution in [0.3, 0.4) is 0 Å². The van der Waals surface area contributed by atoms with E-state index in [0.29, 0.717) is 0 Å². The molecule has 4 nitrogen and oxygen atoms in total. The molecule has 0 aromatic carbocycles. The molecule has 0 radical (unpaired) electrons. The summed E-state index contributed by atoms with van der Waals surface area (Å²) >= 11 is 14.4. The van der Waals surface area contributed by atoms with Crippen LogP contribution in [0.25, 0.3) is 0 Å². The Labute approximate surface area is 127 Å². The average molecular weight is 321 g/mol. The highest BCUT2D eigenvalue weighted by molar-refractivity contribution is 8.23. The second-order valence-corrected chi connectivity index (χ2v) is 7.83. The maximum absolute atomic E-state index is 5.43. The van der Waals surface area contributed by atoms with Gasteiger partial charge < -0.3 is 9.80 Å². The van der Waals surface area contributed by atoms with Crippen LogP contribution in [-0.4, -0.2) is 79.5 Å². The molecule has 0 saturated carbocycles. The lowest BCUT2D eigenvalue weighted by molar-refractivity contribution is 0.131. The van der Waals surface area contributed by atoms with Gasteiger partial charge in [-0.2, -0.15) is 0 Å². The zero-order valence-electron chi connectivity index (χ0n) is 10.1. The molecule has 0 amide bonds. The van der Waals surface area contributed by atoms with E-state index in [9.17, 15) is 0 Å². The third-order valence-corrected chi connectivity index (χ3v) is 6.59. The number of hydrogen-bond acceptors (Lipinski definition) is 6. The molecule has 2 unspecified atom stereocenters. The van der Waals surface area contributed by atoms with Gasteiger partial charge in [0.1, 0.15) is 8.64 Å². The van der Waals surface area contributed by atoms with Gasteiger partial charge in [-0.3, -0.25) is 9.80 Å². The van der Waals surface area contributed by atoms with Crippen LogP contribution in [0.4, 0.5) is 0 Å². The van der Waals surface area contributed by atoms with Crippen molar-refractivity contribution in [2.45, 2.75) is 0 Å². The zero-order chi connectivity index (χ0) is 12.5. The minimum Gasteiger partial charge on any atom is -0.343 e. The van der Waals surface area contributed by atoms with E-state index >= 15 is 0 Å². The van der Waals surface area contributed by atoms with E-state index in [1.165, 1.54) is 0 Å². The molecule has 0 N–H and O–H groups in total. The van der Waals surface area contributed by atoms with Gasteiger partial charge in [-0.1, -0.05) is 48.0 Å². The second-order valence-electron chi connectivity index (χ2n) is 4.68. The molecule has 2 atom stereocenters. The predicted octanol–water partition coefficient (Wildman–Crippen LogP) is 1.10. The van der Waals surface area contributed by atoms with E-state index < -0.39 is 0 Å². The minimum atomic E-state index is 0.980. The van der Waals surface area contributed by atoms with E-state index in [0.717, 1.165) is 59.9 Å². The first-order chi connectivity index (χ1) is 8.72. The Morgan fingerprint density at radius 1 is 0.722 bits per heavy atom.